The molecule has 0 aromatic carbocycles. The number of hydrogen-bond donors (Lipinski definition) is 1. The minimum absolute atomic E-state index is 0.223. The van der Waals surface area contributed by atoms with E-state index in [1.807, 2.05) is 18.7 Å². The fourth-order valence-electron chi connectivity index (χ4n) is 2.06. The standard InChI is InChI=1S/C11H17N3OS/c1-7-10(16-8(2)13-7)6-14-5-9(4-12)3-11(14)15/h9H,3-6,12H2,1-2H3. The van der Waals surface area contributed by atoms with E-state index < -0.39 is 0 Å². The molecule has 1 aliphatic heterocycles. The molecule has 0 spiro atoms. The van der Waals surface area contributed by atoms with Gasteiger partial charge >= 0.3 is 0 Å². The van der Waals surface area contributed by atoms with Gasteiger partial charge in [0.05, 0.1) is 17.2 Å². The highest BCUT2D eigenvalue weighted by Crippen LogP contribution is 2.23. The van der Waals surface area contributed by atoms with Crippen LogP contribution in [0.15, 0.2) is 0 Å². The van der Waals surface area contributed by atoms with Crippen molar-refractivity contribution in [3.8, 4) is 0 Å². The molecule has 1 aromatic heterocycles. The molecule has 0 aliphatic carbocycles. The van der Waals surface area contributed by atoms with E-state index in [4.69, 9.17) is 5.73 Å². The van der Waals surface area contributed by atoms with E-state index >= 15 is 0 Å². The minimum atomic E-state index is 0.223. The summed E-state index contributed by atoms with van der Waals surface area (Å²) in [5, 5.41) is 1.06. The van der Waals surface area contributed by atoms with E-state index in [-0.39, 0.29) is 5.91 Å². The maximum absolute atomic E-state index is 11.7. The molecule has 4 nitrogen and oxygen atoms in total. The van der Waals surface area contributed by atoms with Crippen molar-refractivity contribution in [3.63, 3.8) is 0 Å². The van der Waals surface area contributed by atoms with Gasteiger partial charge in [0.2, 0.25) is 5.91 Å². The van der Waals surface area contributed by atoms with Crippen LogP contribution in [0.5, 0.6) is 0 Å². The predicted molar refractivity (Wildman–Crippen MR) is 64.2 cm³/mol. The van der Waals surface area contributed by atoms with E-state index in [1.165, 1.54) is 4.88 Å². The first-order valence-corrected chi connectivity index (χ1v) is 6.32. The van der Waals surface area contributed by atoms with Crippen molar-refractivity contribution in [2.24, 2.45) is 11.7 Å². The first-order valence-electron chi connectivity index (χ1n) is 5.51. The van der Waals surface area contributed by atoms with Crippen LogP contribution in [0.3, 0.4) is 0 Å². The van der Waals surface area contributed by atoms with Gasteiger partial charge in [-0.2, -0.15) is 0 Å². The van der Waals surface area contributed by atoms with Crippen molar-refractivity contribution in [2.75, 3.05) is 13.1 Å². The molecule has 2 heterocycles. The second-order valence-corrected chi connectivity index (χ2v) is 5.61. The van der Waals surface area contributed by atoms with Crippen LogP contribution in [-0.2, 0) is 11.3 Å². The van der Waals surface area contributed by atoms with Crippen LogP contribution < -0.4 is 5.73 Å². The molecule has 1 fully saturated rings. The average Bonchev–Trinajstić information content (AvgIpc) is 2.72. The summed E-state index contributed by atoms with van der Waals surface area (Å²) in [5.41, 5.74) is 6.64. The summed E-state index contributed by atoms with van der Waals surface area (Å²) in [6.45, 7) is 6.09. The zero-order valence-electron chi connectivity index (χ0n) is 9.69. The molecule has 1 aliphatic rings. The molecule has 0 saturated carbocycles. The van der Waals surface area contributed by atoms with Gasteiger partial charge < -0.3 is 10.6 Å². The highest BCUT2D eigenvalue weighted by atomic mass is 32.1. The number of likely N-dealkylation sites (tertiary alicyclic amines) is 1. The molecule has 5 heteroatoms. The number of aryl methyl sites for hydroxylation is 2. The number of carbonyl (C=O) groups is 1. The molecule has 1 atom stereocenters. The predicted octanol–water partition coefficient (Wildman–Crippen LogP) is 1.07. The lowest BCUT2D eigenvalue weighted by Gasteiger charge is -2.15. The third-order valence-corrected chi connectivity index (χ3v) is 4.02. The van der Waals surface area contributed by atoms with Gasteiger partial charge in [0.15, 0.2) is 0 Å². The number of amides is 1. The van der Waals surface area contributed by atoms with Crippen molar-refractivity contribution in [3.05, 3.63) is 15.6 Å². The first-order chi connectivity index (χ1) is 7.60. The summed E-state index contributed by atoms with van der Waals surface area (Å²) in [6.07, 6.45) is 0.604. The number of nitrogens with two attached hydrogens (primary N) is 1. The van der Waals surface area contributed by atoms with Crippen LogP contribution in [0, 0.1) is 19.8 Å². The Balaban J connectivity index is 2.05. The lowest BCUT2D eigenvalue weighted by Crippen LogP contribution is -2.25. The Morgan fingerprint density at radius 1 is 1.56 bits per heavy atom. The summed E-state index contributed by atoms with van der Waals surface area (Å²) >= 11 is 1.68. The van der Waals surface area contributed by atoms with Crippen LogP contribution >= 0.6 is 11.3 Å². The van der Waals surface area contributed by atoms with Crippen LogP contribution in [0.25, 0.3) is 0 Å². The molecule has 1 amide bonds. The van der Waals surface area contributed by atoms with Gasteiger partial charge in [0.1, 0.15) is 0 Å². The fourth-order valence-corrected chi connectivity index (χ4v) is 3.01. The normalized spacial score (nSPS) is 20.8. The molecular weight excluding hydrogens is 222 g/mol. The zero-order valence-corrected chi connectivity index (χ0v) is 10.5. The lowest BCUT2D eigenvalue weighted by atomic mass is 10.1. The summed E-state index contributed by atoms with van der Waals surface area (Å²) in [4.78, 5) is 19.2. The summed E-state index contributed by atoms with van der Waals surface area (Å²) in [7, 11) is 0. The van der Waals surface area contributed by atoms with Gasteiger partial charge in [-0.1, -0.05) is 0 Å². The second-order valence-electron chi connectivity index (χ2n) is 4.32. The Hall–Kier alpha value is -0.940. The minimum Gasteiger partial charge on any atom is -0.337 e. The summed E-state index contributed by atoms with van der Waals surface area (Å²) in [6, 6.07) is 0. The largest absolute Gasteiger partial charge is 0.337 e. The Morgan fingerprint density at radius 2 is 2.31 bits per heavy atom. The molecule has 16 heavy (non-hydrogen) atoms. The van der Waals surface area contributed by atoms with E-state index in [1.54, 1.807) is 11.3 Å². The summed E-state index contributed by atoms with van der Waals surface area (Å²) in [5.74, 6) is 0.558. The van der Waals surface area contributed by atoms with Crippen molar-refractivity contribution < 1.29 is 4.79 Å². The van der Waals surface area contributed by atoms with Crippen LogP contribution in [0.2, 0.25) is 0 Å². The van der Waals surface area contributed by atoms with Gasteiger partial charge in [-0.25, -0.2) is 4.98 Å². The number of carbonyl (C=O) groups excluding carboxylic acids is 1. The molecule has 2 rings (SSSR count). The molecule has 0 radical (unpaired) electrons. The lowest BCUT2D eigenvalue weighted by molar-refractivity contribution is -0.128. The molecule has 88 valence electrons. The smallest absolute Gasteiger partial charge is 0.223 e. The molecule has 1 saturated heterocycles. The monoisotopic (exact) mass is 239 g/mol. The quantitative estimate of drug-likeness (QED) is 0.858. The summed E-state index contributed by atoms with van der Waals surface area (Å²) < 4.78 is 0. The molecule has 2 N–H and O–H groups in total. The average molecular weight is 239 g/mol. The van der Waals surface area contributed by atoms with Crippen LogP contribution in [-0.4, -0.2) is 28.9 Å². The third-order valence-electron chi connectivity index (χ3n) is 2.96. The first kappa shape index (κ1) is 11.5. The fraction of sp³-hybridized carbons (Fsp3) is 0.636. The Bertz CT molecular complexity index is 402. The zero-order chi connectivity index (χ0) is 11.7. The topological polar surface area (TPSA) is 59.2 Å². The Kier molecular flexibility index (Phi) is 3.25. The maximum atomic E-state index is 11.7. The number of thiazole rings is 1. The number of rotatable bonds is 3. The van der Waals surface area contributed by atoms with Crippen molar-refractivity contribution in [2.45, 2.75) is 26.8 Å². The highest BCUT2D eigenvalue weighted by molar-refractivity contribution is 7.11. The Morgan fingerprint density at radius 3 is 2.81 bits per heavy atom. The van der Waals surface area contributed by atoms with Gasteiger partial charge in [-0.15, -0.1) is 11.3 Å². The van der Waals surface area contributed by atoms with Crippen molar-refractivity contribution >= 4 is 17.2 Å². The number of aromatic nitrogens is 1. The number of hydrogen-bond acceptors (Lipinski definition) is 4. The van der Waals surface area contributed by atoms with Crippen LogP contribution in [0.4, 0.5) is 0 Å². The van der Waals surface area contributed by atoms with E-state index in [2.05, 4.69) is 4.98 Å². The van der Waals surface area contributed by atoms with Gasteiger partial charge in [0, 0.05) is 17.8 Å². The van der Waals surface area contributed by atoms with E-state index in [0.29, 0.717) is 25.4 Å². The van der Waals surface area contributed by atoms with Crippen LogP contribution in [0.1, 0.15) is 22.0 Å². The maximum Gasteiger partial charge on any atom is 0.223 e. The molecule has 1 aromatic rings. The SMILES string of the molecule is Cc1nc(C)c(CN2CC(CN)CC2=O)s1. The van der Waals surface area contributed by atoms with Crippen molar-refractivity contribution in [1.29, 1.82) is 0 Å². The van der Waals surface area contributed by atoms with Gasteiger partial charge in [-0.05, 0) is 26.3 Å². The Labute approximate surface area is 99.5 Å². The molecule has 0 bridgehead atoms. The van der Waals surface area contributed by atoms with E-state index in [0.717, 1.165) is 17.2 Å². The number of nitrogens with zero attached hydrogens (tertiary/aromatic N) is 2. The second kappa shape index (κ2) is 4.51. The third kappa shape index (κ3) is 2.25. The highest BCUT2D eigenvalue weighted by Gasteiger charge is 2.29. The van der Waals surface area contributed by atoms with Crippen molar-refractivity contribution in [1.82, 2.24) is 9.88 Å². The molecule has 1 unspecified atom stereocenters. The van der Waals surface area contributed by atoms with E-state index in [9.17, 15) is 4.79 Å². The van der Waals surface area contributed by atoms with Gasteiger partial charge in [0.25, 0.3) is 0 Å². The molecular formula is C11H17N3OS. The van der Waals surface area contributed by atoms with Gasteiger partial charge in [-0.3, -0.25) is 4.79 Å².